The van der Waals surface area contributed by atoms with Crippen LogP contribution in [0.2, 0.25) is 0 Å². The van der Waals surface area contributed by atoms with E-state index < -0.39 is 5.82 Å². The zero-order valence-corrected chi connectivity index (χ0v) is 20.0. The highest BCUT2D eigenvalue weighted by atomic mass is 127. The second-order valence-electron chi connectivity index (χ2n) is 6.59. The average Bonchev–Trinajstić information content (AvgIpc) is 2.72. The Balaban J connectivity index is 0.00000450. The first-order valence-electron chi connectivity index (χ1n) is 9.69. The molecule has 0 aromatic heterocycles. The van der Waals surface area contributed by atoms with Crippen LogP contribution in [0.3, 0.4) is 0 Å². The zero-order chi connectivity index (χ0) is 21.1. The first-order chi connectivity index (χ1) is 14.1. The number of hydrogen-bond acceptors (Lipinski definition) is 4. The number of benzene rings is 2. The van der Waals surface area contributed by atoms with Gasteiger partial charge in [-0.3, -0.25) is 0 Å². The number of aliphatic imine (C=N–C) groups is 1. The lowest BCUT2D eigenvalue weighted by atomic mass is 10.1. The van der Waals surface area contributed by atoms with Crippen LogP contribution in [0.4, 0.5) is 4.39 Å². The number of nitrogens with zero attached hydrogens (tertiary/aromatic N) is 1. The van der Waals surface area contributed by atoms with Gasteiger partial charge in [-0.25, -0.2) is 9.38 Å². The smallest absolute Gasteiger partial charge is 0.191 e. The molecule has 30 heavy (non-hydrogen) atoms. The topological polar surface area (TPSA) is 75.1 Å². The summed E-state index contributed by atoms with van der Waals surface area (Å²) in [6.07, 6.45) is 0. The quantitative estimate of drug-likeness (QED) is 0.189. The highest BCUT2D eigenvalue weighted by molar-refractivity contribution is 14.0. The second-order valence-corrected chi connectivity index (χ2v) is 6.59. The average molecular weight is 531 g/mol. The number of aryl methyl sites for hydroxylation is 1. The summed E-state index contributed by atoms with van der Waals surface area (Å²) in [7, 11) is 1.64. The summed E-state index contributed by atoms with van der Waals surface area (Å²) in [6.45, 7) is 6.31. The van der Waals surface area contributed by atoms with Crippen molar-refractivity contribution >= 4 is 29.9 Å². The Bertz CT molecular complexity index is 818. The van der Waals surface area contributed by atoms with Gasteiger partial charge >= 0.3 is 0 Å². The van der Waals surface area contributed by atoms with Crippen LogP contribution < -0.4 is 15.4 Å². The standard InChI is InChI=1S/C22H30FN3O3.HI/c1-4-24-22(25-13-17-6-8-20(23)19(12-17)15-27)26-14-18-7-5-16(2)11-21(18)29-10-9-28-3;/h5-8,11-12,27H,4,9-10,13-15H2,1-3H3,(H2,24,25,26);1H. The molecule has 0 aliphatic rings. The predicted molar refractivity (Wildman–Crippen MR) is 128 cm³/mol. The van der Waals surface area contributed by atoms with Crippen LogP contribution in [0.1, 0.15) is 29.2 Å². The molecule has 0 aliphatic carbocycles. The maximum absolute atomic E-state index is 13.5. The van der Waals surface area contributed by atoms with Gasteiger partial charge in [0.1, 0.15) is 18.2 Å². The van der Waals surface area contributed by atoms with E-state index in [-0.39, 0.29) is 36.1 Å². The number of nitrogens with one attached hydrogen (secondary N) is 2. The molecule has 6 nitrogen and oxygen atoms in total. The Hall–Kier alpha value is -1.91. The number of guanidine groups is 1. The fourth-order valence-electron chi connectivity index (χ4n) is 2.72. The Labute approximate surface area is 194 Å². The minimum atomic E-state index is -0.411. The van der Waals surface area contributed by atoms with Crippen LogP contribution in [0.15, 0.2) is 41.4 Å². The molecule has 166 valence electrons. The van der Waals surface area contributed by atoms with Crippen molar-refractivity contribution in [2.24, 2.45) is 4.99 Å². The minimum Gasteiger partial charge on any atom is -0.491 e. The van der Waals surface area contributed by atoms with Crippen LogP contribution in [-0.2, 0) is 24.4 Å². The van der Waals surface area contributed by atoms with Gasteiger partial charge in [-0.15, -0.1) is 24.0 Å². The number of hydrogen-bond donors (Lipinski definition) is 3. The lowest BCUT2D eigenvalue weighted by molar-refractivity contribution is 0.145. The van der Waals surface area contributed by atoms with Crippen molar-refractivity contribution in [1.82, 2.24) is 10.6 Å². The van der Waals surface area contributed by atoms with Crippen LogP contribution in [0.5, 0.6) is 5.75 Å². The van der Waals surface area contributed by atoms with Crippen molar-refractivity contribution in [2.75, 3.05) is 26.9 Å². The van der Waals surface area contributed by atoms with E-state index in [1.54, 1.807) is 19.2 Å². The number of aliphatic hydroxyl groups is 1. The summed E-state index contributed by atoms with van der Waals surface area (Å²) in [5, 5.41) is 15.7. The molecule has 0 saturated carbocycles. The minimum absolute atomic E-state index is 0. The normalized spacial score (nSPS) is 11.0. The first-order valence-corrected chi connectivity index (χ1v) is 9.69. The molecule has 2 aromatic rings. The molecule has 0 spiro atoms. The van der Waals surface area contributed by atoms with Crippen LogP contribution >= 0.6 is 24.0 Å². The Kier molecular flexibility index (Phi) is 12.3. The van der Waals surface area contributed by atoms with Crippen molar-refractivity contribution in [1.29, 1.82) is 0 Å². The van der Waals surface area contributed by atoms with E-state index in [1.807, 2.05) is 32.0 Å². The summed E-state index contributed by atoms with van der Waals surface area (Å²) in [4.78, 5) is 4.56. The molecule has 0 saturated heterocycles. The lowest BCUT2D eigenvalue weighted by Gasteiger charge is -2.15. The van der Waals surface area contributed by atoms with E-state index in [1.165, 1.54) is 6.07 Å². The van der Waals surface area contributed by atoms with E-state index in [9.17, 15) is 9.50 Å². The Morgan fingerprint density at radius 3 is 2.60 bits per heavy atom. The molecular weight excluding hydrogens is 500 g/mol. The maximum atomic E-state index is 13.5. The molecule has 2 aromatic carbocycles. The van der Waals surface area contributed by atoms with E-state index in [0.717, 1.165) is 22.4 Å². The van der Waals surface area contributed by atoms with Gasteiger partial charge in [0.2, 0.25) is 0 Å². The van der Waals surface area contributed by atoms with Crippen molar-refractivity contribution in [3.8, 4) is 5.75 Å². The fourth-order valence-corrected chi connectivity index (χ4v) is 2.72. The summed E-state index contributed by atoms with van der Waals surface area (Å²) < 4.78 is 24.4. The van der Waals surface area contributed by atoms with Gasteiger partial charge < -0.3 is 25.2 Å². The lowest BCUT2D eigenvalue weighted by Crippen LogP contribution is -2.36. The molecule has 0 fully saturated rings. The number of halogens is 2. The molecule has 0 amide bonds. The Morgan fingerprint density at radius 1 is 1.10 bits per heavy atom. The van der Waals surface area contributed by atoms with Crippen molar-refractivity contribution in [2.45, 2.75) is 33.5 Å². The summed E-state index contributed by atoms with van der Waals surface area (Å²) >= 11 is 0. The molecular formula is C22H31FIN3O3. The highest BCUT2D eigenvalue weighted by Crippen LogP contribution is 2.20. The van der Waals surface area contributed by atoms with E-state index >= 15 is 0 Å². The number of ether oxygens (including phenoxy) is 2. The van der Waals surface area contributed by atoms with Gasteiger partial charge in [-0.2, -0.15) is 0 Å². The van der Waals surface area contributed by atoms with Gasteiger partial charge in [-0.1, -0.05) is 18.2 Å². The molecule has 0 unspecified atom stereocenters. The number of methoxy groups -OCH3 is 1. The largest absolute Gasteiger partial charge is 0.491 e. The third-order valence-corrected chi connectivity index (χ3v) is 4.26. The number of aliphatic hydroxyl groups excluding tert-OH is 1. The Morgan fingerprint density at radius 2 is 1.90 bits per heavy atom. The van der Waals surface area contributed by atoms with Crippen LogP contribution in [-0.4, -0.2) is 37.9 Å². The van der Waals surface area contributed by atoms with Crippen LogP contribution in [0, 0.1) is 12.7 Å². The van der Waals surface area contributed by atoms with E-state index in [4.69, 9.17) is 9.47 Å². The fraction of sp³-hybridized carbons (Fsp3) is 0.409. The SMILES string of the molecule is CCNC(=NCc1ccc(F)c(CO)c1)NCc1ccc(C)cc1OCCOC.I. The first kappa shape index (κ1) is 26.1. The molecule has 2 rings (SSSR count). The van der Waals surface area contributed by atoms with Gasteiger partial charge in [0, 0.05) is 31.3 Å². The van der Waals surface area contributed by atoms with E-state index in [2.05, 4.69) is 15.6 Å². The van der Waals surface area contributed by atoms with Gasteiger partial charge in [0.25, 0.3) is 0 Å². The molecule has 0 heterocycles. The third-order valence-electron chi connectivity index (χ3n) is 4.26. The van der Waals surface area contributed by atoms with Crippen molar-refractivity contribution in [3.63, 3.8) is 0 Å². The molecule has 0 atom stereocenters. The van der Waals surface area contributed by atoms with Gasteiger partial charge in [0.15, 0.2) is 5.96 Å². The zero-order valence-electron chi connectivity index (χ0n) is 17.7. The van der Waals surface area contributed by atoms with E-state index in [0.29, 0.717) is 38.8 Å². The molecule has 0 bridgehead atoms. The monoisotopic (exact) mass is 531 g/mol. The third kappa shape index (κ3) is 8.45. The second kappa shape index (κ2) is 14.2. The van der Waals surface area contributed by atoms with Gasteiger partial charge in [-0.05, 0) is 43.2 Å². The summed E-state index contributed by atoms with van der Waals surface area (Å²) in [6, 6.07) is 10.7. The molecule has 0 aliphatic heterocycles. The van der Waals surface area contributed by atoms with Crippen molar-refractivity contribution < 1.29 is 19.0 Å². The molecule has 3 N–H and O–H groups in total. The van der Waals surface area contributed by atoms with Crippen LogP contribution in [0.25, 0.3) is 0 Å². The maximum Gasteiger partial charge on any atom is 0.191 e. The van der Waals surface area contributed by atoms with Crippen molar-refractivity contribution in [3.05, 3.63) is 64.5 Å². The molecule has 8 heteroatoms. The summed E-state index contributed by atoms with van der Waals surface area (Å²) in [5.74, 6) is 1.05. The summed E-state index contributed by atoms with van der Waals surface area (Å²) in [5.41, 5.74) is 3.24. The molecule has 0 radical (unpaired) electrons. The highest BCUT2D eigenvalue weighted by Gasteiger charge is 2.07. The predicted octanol–water partition coefficient (Wildman–Crippen LogP) is 3.52. The number of rotatable bonds is 10. The van der Waals surface area contributed by atoms with Gasteiger partial charge in [0.05, 0.1) is 19.8 Å².